The Morgan fingerprint density at radius 2 is 2.25 bits per heavy atom. The van der Waals surface area contributed by atoms with E-state index >= 15 is 0 Å². The number of hydrogen-bond donors (Lipinski definition) is 1. The average molecular weight is 486 g/mol. The maximum absolute atomic E-state index is 12.7. The highest BCUT2D eigenvalue weighted by Gasteiger charge is 2.26. The second-order valence-corrected chi connectivity index (χ2v) is 11.2. The van der Waals surface area contributed by atoms with E-state index in [1.165, 1.54) is 21.5 Å². The maximum atomic E-state index is 12.7. The van der Waals surface area contributed by atoms with Crippen molar-refractivity contribution in [2.24, 2.45) is 5.92 Å². The first-order valence-electron chi connectivity index (χ1n) is 11.0. The molecule has 0 fully saturated rings. The summed E-state index contributed by atoms with van der Waals surface area (Å²) in [5.41, 5.74) is 2.86. The van der Waals surface area contributed by atoms with E-state index < -0.39 is 0 Å². The van der Waals surface area contributed by atoms with Gasteiger partial charge in [0.25, 0.3) is 0 Å². The van der Waals surface area contributed by atoms with Crippen LogP contribution in [0.5, 0.6) is 0 Å². The van der Waals surface area contributed by atoms with Gasteiger partial charge >= 0.3 is 0 Å². The molecule has 0 spiro atoms. The van der Waals surface area contributed by atoms with Crippen molar-refractivity contribution in [3.8, 4) is 17.5 Å². The lowest BCUT2D eigenvalue weighted by molar-refractivity contribution is -0.113. The number of nitrogens with one attached hydrogen (secondary N) is 1. The summed E-state index contributed by atoms with van der Waals surface area (Å²) in [5.74, 6) is 1.64. The zero-order valence-electron chi connectivity index (χ0n) is 18.6. The Bertz CT molecular complexity index is 1150. The summed E-state index contributed by atoms with van der Waals surface area (Å²) in [6, 6.07) is 4.45. The molecule has 6 nitrogen and oxygen atoms in total. The summed E-state index contributed by atoms with van der Waals surface area (Å²) in [6.07, 6.45) is 5.18. The van der Waals surface area contributed by atoms with Crippen molar-refractivity contribution < 1.29 is 4.79 Å². The lowest BCUT2D eigenvalue weighted by Gasteiger charge is -2.20. The molecule has 3 aromatic heterocycles. The molecule has 0 unspecified atom stereocenters. The molecule has 0 aromatic carbocycles. The summed E-state index contributed by atoms with van der Waals surface area (Å²) in [7, 11) is 0. The number of nitrogens with zero attached hydrogens (tertiary/aromatic N) is 4. The molecule has 0 saturated heterocycles. The van der Waals surface area contributed by atoms with Crippen LogP contribution in [0.15, 0.2) is 16.6 Å². The molecule has 4 rings (SSSR count). The molecule has 0 aliphatic heterocycles. The van der Waals surface area contributed by atoms with Crippen LogP contribution in [0.3, 0.4) is 0 Å². The highest BCUT2D eigenvalue weighted by atomic mass is 32.2. The highest BCUT2D eigenvalue weighted by Crippen LogP contribution is 2.40. The van der Waals surface area contributed by atoms with E-state index in [0.717, 1.165) is 60.8 Å². The van der Waals surface area contributed by atoms with E-state index in [1.54, 1.807) is 22.7 Å². The monoisotopic (exact) mass is 485 g/mol. The van der Waals surface area contributed by atoms with E-state index in [1.807, 2.05) is 0 Å². The predicted molar refractivity (Wildman–Crippen MR) is 133 cm³/mol. The first-order valence-corrected chi connectivity index (χ1v) is 13.7. The second kappa shape index (κ2) is 10.2. The van der Waals surface area contributed by atoms with Gasteiger partial charge in [0.2, 0.25) is 5.91 Å². The van der Waals surface area contributed by atoms with Crippen LogP contribution in [-0.2, 0) is 24.2 Å². The number of rotatable bonds is 8. The maximum Gasteiger partial charge on any atom is 0.235 e. The van der Waals surface area contributed by atoms with Gasteiger partial charge in [-0.05, 0) is 50.2 Å². The fourth-order valence-electron chi connectivity index (χ4n) is 4.10. The number of nitriles is 1. The minimum absolute atomic E-state index is 0.115. The third-order valence-corrected chi connectivity index (χ3v) is 8.79. The van der Waals surface area contributed by atoms with Crippen molar-refractivity contribution in [3.63, 3.8) is 0 Å². The number of carbonyl (C=O) groups excluding carboxylic acids is 1. The topological polar surface area (TPSA) is 83.6 Å². The molecule has 9 heteroatoms. The lowest BCUT2D eigenvalue weighted by atomic mass is 9.86. The van der Waals surface area contributed by atoms with Crippen LogP contribution in [0.2, 0.25) is 0 Å². The van der Waals surface area contributed by atoms with Crippen molar-refractivity contribution >= 4 is 45.3 Å². The number of hydrogen-bond acceptors (Lipinski definition) is 7. The van der Waals surface area contributed by atoms with Crippen LogP contribution < -0.4 is 5.32 Å². The predicted octanol–water partition coefficient (Wildman–Crippen LogP) is 5.90. The van der Waals surface area contributed by atoms with Crippen LogP contribution in [-0.4, -0.2) is 26.4 Å². The number of aromatic nitrogens is 3. The van der Waals surface area contributed by atoms with Gasteiger partial charge in [0, 0.05) is 27.2 Å². The van der Waals surface area contributed by atoms with Gasteiger partial charge in [-0.25, -0.2) is 0 Å². The molecular formula is C23H27N5OS3. The number of carbonyl (C=O) groups is 1. The molecule has 0 radical (unpaired) electrons. The van der Waals surface area contributed by atoms with Crippen LogP contribution in [0.25, 0.3) is 11.4 Å². The van der Waals surface area contributed by atoms with Crippen LogP contribution in [0, 0.1) is 24.2 Å². The van der Waals surface area contributed by atoms with Crippen molar-refractivity contribution in [2.45, 2.75) is 64.6 Å². The van der Waals surface area contributed by atoms with Gasteiger partial charge < -0.3 is 9.88 Å². The standard InChI is InChI=1S/C23H27N5OS3/c1-4-8-28-21(16-9-14(3)30-12-16)26-27-23(28)31-13-20(29)25-22-18(11-24)17-7-6-15(5-2)10-19(17)32-22/h9,12,15H,4-8,10,13H2,1-3H3,(H,25,29)/t15-/m1/s1. The minimum Gasteiger partial charge on any atom is -0.316 e. The Hall–Kier alpha value is -2.15. The van der Waals surface area contributed by atoms with Crippen molar-refractivity contribution in [2.75, 3.05) is 11.1 Å². The molecule has 3 aromatic rings. The Labute approximate surface area is 201 Å². The third kappa shape index (κ3) is 4.77. The van der Waals surface area contributed by atoms with Gasteiger partial charge in [-0.3, -0.25) is 4.79 Å². The van der Waals surface area contributed by atoms with Crippen LogP contribution in [0.1, 0.15) is 54.0 Å². The van der Waals surface area contributed by atoms with Gasteiger partial charge in [-0.1, -0.05) is 32.0 Å². The molecule has 0 saturated carbocycles. The van der Waals surface area contributed by atoms with Gasteiger partial charge in [0.15, 0.2) is 11.0 Å². The molecule has 1 N–H and O–H groups in total. The van der Waals surface area contributed by atoms with E-state index in [4.69, 9.17) is 0 Å². The molecular weight excluding hydrogens is 458 g/mol. The molecule has 32 heavy (non-hydrogen) atoms. The number of thiophene rings is 2. The zero-order chi connectivity index (χ0) is 22.7. The third-order valence-electron chi connectivity index (χ3n) is 5.79. The molecule has 1 atom stereocenters. The zero-order valence-corrected chi connectivity index (χ0v) is 21.1. The number of thioether (sulfide) groups is 1. The second-order valence-electron chi connectivity index (χ2n) is 8.08. The fraction of sp³-hybridized carbons (Fsp3) is 0.478. The largest absolute Gasteiger partial charge is 0.316 e. The molecule has 1 amide bonds. The van der Waals surface area contributed by atoms with Gasteiger partial charge in [0.1, 0.15) is 11.1 Å². The fourth-order valence-corrected chi connectivity index (χ4v) is 6.87. The first-order chi connectivity index (χ1) is 15.5. The smallest absolute Gasteiger partial charge is 0.235 e. The minimum atomic E-state index is -0.115. The van der Waals surface area contributed by atoms with Crippen molar-refractivity contribution in [1.82, 2.24) is 14.8 Å². The average Bonchev–Trinajstić information content (AvgIpc) is 3.48. The molecule has 0 bridgehead atoms. The first kappa shape index (κ1) is 23.0. The Balaban J connectivity index is 1.46. The summed E-state index contributed by atoms with van der Waals surface area (Å²) < 4.78 is 2.09. The quantitative estimate of drug-likeness (QED) is 0.401. The van der Waals surface area contributed by atoms with Crippen molar-refractivity contribution in [1.29, 1.82) is 5.26 Å². The molecule has 1 aliphatic carbocycles. The van der Waals surface area contributed by atoms with E-state index in [9.17, 15) is 10.1 Å². The lowest BCUT2D eigenvalue weighted by Crippen LogP contribution is -2.15. The summed E-state index contributed by atoms with van der Waals surface area (Å²) in [5, 5.41) is 25.0. The van der Waals surface area contributed by atoms with Crippen molar-refractivity contribution in [3.05, 3.63) is 32.3 Å². The van der Waals surface area contributed by atoms with Gasteiger partial charge in [0.05, 0.1) is 11.3 Å². The number of aryl methyl sites for hydroxylation is 1. The molecule has 1 aliphatic rings. The normalized spacial score (nSPS) is 15.4. The van der Waals surface area contributed by atoms with Gasteiger partial charge in [-0.2, -0.15) is 5.26 Å². The molecule has 3 heterocycles. The van der Waals surface area contributed by atoms with E-state index in [-0.39, 0.29) is 11.7 Å². The highest BCUT2D eigenvalue weighted by molar-refractivity contribution is 7.99. The summed E-state index contributed by atoms with van der Waals surface area (Å²) >= 11 is 4.66. The Morgan fingerprint density at radius 1 is 1.41 bits per heavy atom. The molecule has 168 valence electrons. The summed E-state index contributed by atoms with van der Waals surface area (Å²) in [6.45, 7) is 7.22. The SMILES string of the molecule is CCCn1c(SCC(=O)Nc2sc3c(c2C#N)CC[C@@H](CC)C3)nnc1-c1csc(C)c1. The van der Waals surface area contributed by atoms with Gasteiger partial charge in [-0.15, -0.1) is 32.9 Å². The van der Waals surface area contributed by atoms with Crippen LogP contribution >= 0.6 is 34.4 Å². The van der Waals surface area contributed by atoms with Crippen LogP contribution in [0.4, 0.5) is 5.00 Å². The summed E-state index contributed by atoms with van der Waals surface area (Å²) in [4.78, 5) is 15.2. The van der Waals surface area contributed by atoms with E-state index in [0.29, 0.717) is 16.5 Å². The van der Waals surface area contributed by atoms with E-state index in [2.05, 4.69) is 58.4 Å². The number of anilines is 1. The number of fused-ring (bicyclic) bond motifs is 1. The Kier molecular flexibility index (Phi) is 7.33. The Morgan fingerprint density at radius 3 is 2.94 bits per heavy atom. The number of amides is 1.